The van der Waals surface area contributed by atoms with Crippen molar-refractivity contribution < 1.29 is 19.1 Å². The number of hydrogen-bond donors (Lipinski definition) is 1. The maximum Gasteiger partial charge on any atom is 0.355 e. The topological polar surface area (TPSA) is 114 Å². The van der Waals surface area contributed by atoms with Crippen molar-refractivity contribution in [2.75, 3.05) is 6.54 Å². The number of benzene rings is 1. The lowest BCUT2D eigenvalue weighted by Crippen LogP contribution is -2.46. The van der Waals surface area contributed by atoms with Crippen molar-refractivity contribution in [3.63, 3.8) is 0 Å². The number of nitrogens with two attached hydrogens (primary N) is 1. The van der Waals surface area contributed by atoms with Gasteiger partial charge in [0.15, 0.2) is 0 Å². The average Bonchev–Trinajstić information content (AvgIpc) is 3.14. The van der Waals surface area contributed by atoms with E-state index in [4.69, 9.17) is 20.2 Å². The van der Waals surface area contributed by atoms with Crippen molar-refractivity contribution >= 4 is 22.8 Å². The van der Waals surface area contributed by atoms with E-state index < -0.39 is 24.1 Å². The van der Waals surface area contributed by atoms with Crippen molar-refractivity contribution in [3.8, 4) is 11.4 Å². The molecule has 0 saturated heterocycles. The Kier molecular flexibility index (Phi) is 4.46. The highest BCUT2D eigenvalue weighted by Crippen LogP contribution is 2.40. The summed E-state index contributed by atoms with van der Waals surface area (Å²) in [6.07, 6.45) is 0.792. The van der Waals surface area contributed by atoms with E-state index in [1.54, 1.807) is 10.6 Å². The van der Waals surface area contributed by atoms with Gasteiger partial charge in [-0.15, -0.1) is 0 Å². The summed E-state index contributed by atoms with van der Waals surface area (Å²) >= 11 is 0. The number of aryl methyl sites for hydroxylation is 2. The minimum Gasteiger partial charge on any atom is -0.457 e. The number of fused-ring (bicyclic) bond motifs is 5. The number of carbonyl (C=O) groups excluding carboxylic acids is 2. The normalized spacial score (nSPS) is 18.7. The quantitative estimate of drug-likeness (QED) is 0.492. The molecule has 0 spiro atoms. The molecule has 8 heteroatoms. The van der Waals surface area contributed by atoms with E-state index in [-0.39, 0.29) is 12.2 Å². The van der Waals surface area contributed by atoms with Crippen LogP contribution in [0, 0.1) is 6.92 Å². The zero-order valence-corrected chi connectivity index (χ0v) is 18.2. The highest BCUT2D eigenvalue weighted by molar-refractivity contribution is 5.90. The number of ether oxygens (including phenoxy) is 2. The average molecular weight is 433 g/mol. The molecule has 2 aromatic heterocycles. The number of rotatable bonds is 3. The third kappa shape index (κ3) is 2.72. The molecule has 0 bridgehead atoms. The SMILES string of the molecule is CCc1c2c(nc3ccc(C)cc13)-c1cc3c(c(=O)n1C2)COC(=O)[C@@]3(C)OC(=O)CN. The molecule has 1 atom stereocenters. The van der Waals surface area contributed by atoms with E-state index >= 15 is 0 Å². The second kappa shape index (κ2) is 7.00. The van der Waals surface area contributed by atoms with Gasteiger partial charge in [0, 0.05) is 16.5 Å². The van der Waals surface area contributed by atoms with Crippen molar-refractivity contribution in [2.45, 2.75) is 45.9 Å². The zero-order chi connectivity index (χ0) is 22.8. The summed E-state index contributed by atoms with van der Waals surface area (Å²) in [6, 6.07) is 7.84. The fourth-order valence-corrected chi connectivity index (χ4v) is 4.79. The van der Waals surface area contributed by atoms with E-state index in [9.17, 15) is 14.4 Å². The number of hydrogen-bond acceptors (Lipinski definition) is 7. The van der Waals surface area contributed by atoms with Crippen molar-refractivity contribution in [3.05, 3.63) is 62.4 Å². The van der Waals surface area contributed by atoms with Gasteiger partial charge in [-0.1, -0.05) is 18.6 Å². The number of pyridine rings is 2. The van der Waals surface area contributed by atoms with Gasteiger partial charge in [-0.3, -0.25) is 9.59 Å². The fourth-order valence-electron chi connectivity index (χ4n) is 4.79. The van der Waals surface area contributed by atoms with Crippen LogP contribution in [0.4, 0.5) is 0 Å². The van der Waals surface area contributed by atoms with Crippen LogP contribution in [0.25, 0.3) is 22.3 Å². The van der Waals surface area contributed by atoms with Crippen LogP contribution >= 0.6 is 0 Å². The van der Waals surface area contributed by atoms with Crippen LogP contribution in [0.5, 0.6) is 0 Å². The van der Waals surface area contributed by atoms with Crippen molar-refractivity contribution in [1.29, 1.82) is 0 Å². The molecular formula is C24H23N3O5. The van der Waals surface area contributed by atoms with Crippen LogP contribution in [0.2, 0.25) is 0 Å². The Morgan fingerprint density at radius 1 is 1.28 bits per heavy atom. The third-order valence-electron chi connectivity index (χ3n) is 6.41. The monoisotopic (exact) mass is 433 g/mol. The summed E-state index contributed by atoms with van der Waals surface area (Å²) in [4.78, 5) is 42.9. The Balaban J connectivity index is 1.78. The van der Waals surface area contributed by atoms with Crippen LogP contribution in [0.15, 0.2) is 29.1 Å². The molecule has 0 fully saturated rings. The fraction of sp³-hybridized carbons (Fsp3) is 0.333. The molecule has 0 saturated carbocycles. The summed E-state index contributed by atoms with van der Waals surface area (Å²) in [5, 5.41) is 1.08. The van der Waals surface area contributed by atoms with E-state index in [0.717, 1.165) is 34.0 Å². The Morgan fingerprint density at radius 2 is 2.06 bits per heavy atom. The van der Waals surface area contributed by atoms with Crippen molar-refractivity contribution in [2.24, 2.45) is 5.73 Å². The van der Waals surface area contributed by atoms with E-state index in [0.29, 0.717) is 29.1 Å². The summed E-state index contributed by atoms with van der Waals surface area (Å²) in [7, 11) is 0. The summed E-state index contributed by atoms with van der Waals surface area (Å²) in [5.74, 6) is -1.49. The first-order valence-corrected chi connectivity index (χ1v) is 10.6. The zero-order valence-electron chi connectivity index (χ0n) is 18.2. The number of cyclic esters (lactones) is 1. The Bertz CT molecular complexity index is 1390. The van der Waals surface area contributed by atoms with E-state index in [1.165, 1.54) is 6.92 Å². The lowest BCUT2D eigenvalue weighted by molar-refractivity contribution is -0.185. The predicted molar refractivity (Wildman–Crippen MR) is 117 cm³/mol. The van der Waals surface area contributed by atoms with Gasteiger partial charge in [0.05, 0.1) is 35.6 Å². The third-order valence-corrected chi connectivity index (χ3v) is 6.41. The molecule has 0 radical (unpaired) electrons. The second-order valence-corrected chi connectivity index (χ2v) is 8.39. The largest absolute Gasteiger partial charge is 0.457 e. The standard InChI is InChI=1S/C24H23N3O5/c1-4-13-14-7-12(2)5-6-18(14)26-21-15(13)10-27-19(21)8-17-16(22(27)29)11-31-23(30)24(17,3)32-20(28)9-25/h5-8H,4,9-11,25H2,1-3H3/t24-/m0/s1. The minimum atomic E-state index is -1.75. The maximum absolute atomic E-state index is 13.4. The molecule has 0 aliphatic carbocycles. The summed E-state index contributed by atoms with van der Waals surface area (Å²) < 4.78 is 12.3. The molecule has 5 rings (SSSR count). The molecule has 2 N–H and O–H groups in total. The number of esters is 2. The predicted octanol–water partition coefficient (Wildman–Crippen LogP) is 2.07. The van der Waals surface area contributed by atoms with Gasteiger partial charge in [0.2, 0.25) is 5.60 Å². The van der Waals surface area contributed by atoms with Gasteiger partial charge >= 0.3 is 11.9 Å². The van der Waals surface area contributed by atoms with Gasteiger partial charge in [0.1, 0.15) is 6.61 Å². The van der Waals surface area contributed by atoms with Crippen molar-refractivity contribution in [1.82, 2.24) is 9.55 Å². The van der Waals surface area contributed by atoms with Gasteiger partial charge in [-0.2, -0.15) is 0 Å². The highest BCUT2D eigenvalue weighted by Gasteiger charge is 2.47. The molecule has 164 valence electrons. The number of nitrogens with zero attached hydrogens (tertiary/aromatic N) is 2. The summed E-state index contributed by atoms with van der Waals surface area (Å²) in [5.41, 5.74) is 9.44. The lowest BCUT2D eigenvalue weighted by Gasteiger charge is -2.33. The lowest BCUT2D eigenvalue weighted by atomic mass is 9.89. The van der Waals surface area contributed by atoms with E-state index in [1.807, 2.05) is 19.1 Å². The molecule has 32 heavy (non-hydrogen) atoms. The molecule has 4 heterocycles. The van der Waals surface area contributed by atoms with Gasteiger partial charge < -0.3 is 19.8 Å². The first-order chi connectivity index (χ1) is 15.3. The van der Waals surface area contributed by atoms with E-state index in [2.05, 4.69) is 13.0 Å². The smallest absolute Gasteiger partial charge is 0.355 e. The Labute approximate surface area is 184 Å². The maximum atomic E-state index is 13.4. The van der Waals surface area contributed by atoms with Crippen LogP contribution in [-0.2, 0) is 44.2 Å². The van der Waals surface area contributed by atoms with Gasteiger partial charge in [-0.05, 0) is 44.0 Å². The van der Waals surface area contributed by atoms with Crippen LogP contribution in [-0.4, -0.2) is 28.0 Å². The molecule has 3 aromatic rings. The second-order valence-electron chi connectivity index (χ2n) is 8.39. The molecule has 1 aromatic carbocycles. The molecule has 8 nitrogen and oxygen atoms in total. The van der Waals surface area contributed by atoms with Gasteiger partial charge in [0.25, 0.3) is 5.56 Å². The first-order valence-electron chi connectivity index (χ1n) is 10.6. The molecule has 2 aliphatic heterocycles. The molecule has 0 amide bonds. The highest BCUT2D eigenvalue weighted by atomic mass is 16.6. The Morgan fingerprint density at radius 3 is 2.78 bits per heavy atom. The summed E-state index contributed by atoms with van der Waals surface area (Å²) in [6.45, 7) is 5.39. The van der Waals surface area contributed by atoms with Crippen LogP contribution in [0.3, 0.4) is 0 Å². The van der Waals surface area contributed by atoms with Crippen LogP contribution < -0.4 is 11.3 Å². The van der Waals surface area contributed by atoms with Gasteiger partial charge in [-0.25, -0.2) is 9.78 Å². The molecule has 2 aliphatic rings. The molecule has 0 unspecified atom stereocenters. The minimum absolute atomic E-state index is 0.172. The van der Waals surface area contributed by atoms with Crippen LogP contribution in [0.1, 0.15) is 41.7 Å². The molecular weight excluding hydrogens is 410 g/mol. The first kappa shape index (κ1) is 20.4. The Hall–Kier alpha value is -3.52. The number of carbonyl (C=O) groups is 2. The number of aromatic nitrogens is 2.